The highest BCUT2D eigenvalue weighted by atomic mass is 16.6. The number of likely N-dealkylation sites (tertiary alicyclic amines) is 1. The molecule has 0 aromatic heterocycles. The van der Waals surface area contributed by atoms with Crippen LogP contribution in [-0.2, 0) is 0 Å². The first kappa shape index (κ1) is 15.9. The summed E-state index contributed by atoms with van der Waals surface area (Å²) in [5.41, 5.74) is 1.20. The second-order valence-electron chi connectivity index (χ2n) is 6.02. The van der Waals surface area contributed by atoms with Gasteiger partial charge >= 0.3 is 0 Å². The molecule has 2 atom stereocenters. The maximum absolute atomic E-state index is 10.9. The van der Waals surface area contributed by atoms with Gasteiger partial charge in [0.05, 0.1) is 4.92 Å². The summed E-state index contributed by atoms with van der Waals surface area (Å²) in [5, 5.41) is 14.5. The lowest BCUT2D eigenvalue weighted by Crippen LogP contribution is -2.28. The van der Waals surface area contributed by atoms with E-state index in [0.717, 1.165) is 31.5 Å². The molecule has 0 bridgehead atoms. The first-order chi connectivity index (χ1) is 10.1. The highest BCUT2D eigenvalue weighted by molar-refractivity contribution is 5.35. The molecule has 116 valence electrons. The van der Waals surface area contributed by atoms with E-state index < -0.39 is 0 Å². The van der Waals surface area contributed by atoms with Gasteiger partial charge in [0.25, 0.3) is 5.69 Å². The molecule has 0 radical (unpaired) electrons. The van der Waals surface area contributed by atoms with Crippen molar-refractivity contribution in [2.24, 2.45) is 5.92 Å². The topological polar surface area (TPSA) is 58.4 Å². The first-order valence-electron chi connectivity index (χ1n) is 7.76. The standard InChI is InChI=1S/C16H25N3O2/c1-3-5-16(17-11-13-8-9-18(2)12-13)14-6-4-7-15(10-14)19(20)21/h4,6-7,10,13,16-17H,3,5,8-9,11-12H2,1-2H3. The molecule has 0 saturated carbocycles. The van der Waals surface area contributed by atoms with Gasteiger partial charge in [0.1, 0.15) is 0 Å². The molecule has 0 aliphatic carbocycles. The van der Waals surface area contributed by atoms with Crippen LogP contribution < -0.4 is 5.32 Å². The van der Waals surface area contributed by atoms with Crippen LogP contribution in [0.5, 0.6) is 0 Å². The van der Waals surface area contributed by atoms with E-state index >= 15 is 0 Å². The Hall–Kier alpha value is -1.46. The second-order valence-corrected chi connectivity index (χ2v) is 6.02. The number of hydrogen-bond acceptors (Lipinski definition) is 4. The van der Waals surface area contributed by atoms with Crippen LogP contribution >= 0.6 is 0 Å². The van der Waals surface area contributed by atoms with Gasteiger partial charge in [-0.2, -0.15) is 0 Å². The third-order valence-corrected chi connectivity index (χ3v) is 4.20. The minimum Gasteiger partial charge on any atom is -0.310 e. The van der Waals surface area contributed by atoms with E-state index in [4.69, 9.17) is 0 Å². The lowest BCUT2D eigenvalue weighted by Gasteiger charge is -2.21. The Bertz CT molecular complexity index is 478. The predicted octanol–water partition coefficient (Wildman–Crippen LogP) is 2.98. The highest BCUT2D eigenvalue weighted by Crippen LogP contribution is 2.24. The molecular formula is C16H25N3O2. The molecule has 1 saturated heterocycles. The average molecular weight is 291 g/mol. The monoisotopic (exact) mass is 291 g/mol. The Balaban J connectivity index is 2.00. The van der Waals surface area contributed by atoms with Crippen molar-refractivity contribution < 1.29 is 4.92 Å². The van der Waals surface area contributed by atoms with Crippen LogP contribution in [0.3, 0.4) is 0 Å². The summed E-state index contributed by atoms with van der Waals surface area (Å²) in [4.78, 5) is 13.0. The summed E-state index contributed by atoms with van der Waals surface area (Å²) < 4.78 is 0. The molecule has 1 aliphatic rings. The van der Waals surface area contributed by atoms with Crippen molar-refractivity contribution in [3.63, 3.8) is 0 Å². The minimum atomic E-state index is -0.321. The van der Waals surface area contributed by atoms with Crippen LogP contribution in [0.4, 0.5) is 5.69 Å². The van der Waals surface area contributed by atoms with Gasteiger partial charge in [-0.15, -0.1) is 0 Å². The maximum atomic E-state index is 10.9. The van der Waals surface area contributed by atoms with Crippen molar-refractivity contribution in [2.45, 2.75) is 32.2 Å². The molecule has 5 nitrogen and oxygen atoms in total. The zero-order chi connectivity index (χ0) is 15.2. The van der Waals surface area contributed by atoms with Crippen LogP contribution in [0.2, 0.25) is 0 Å². The van der Waals surface area contributed by atoms with Gasteiger partial charge in [0.15, 0.2) is 0 Å². The number of nitrogens with zero attached hydrogens (tertiary/aromatic N) is 2. The molecule has 0 spiro atoms. The van der Waals surface area contributed by atoms with E-state index in [2.05, 4.69) is 24.2 Å². The van der Waals surface area contributed by atoms with Crippen molar-refractivity contribution in [3.05, 3.63) is 39.9 Å². The Kier molecular flexibility index (Phi) is 5.70. The van der Waals surface area contributed by atoms with Gasteiger partial charge in [-0.1, -0.05) is 25.5 Å². The van der Waals surface area contributed by atoms with E-state index in [1.54, 1.807) is 18.2 Å². The summed E-state index contributed by atoms with van der Waals surface area (Å²) in [7, 11) is 2.16. The Morgan fingerprint density at radius 2 is 2.33 bits per heavy atom. The summed E-state index contributed by atoms with van der Waals surface area (Å²) in [5.74, 6) is 0.688. The highest BCUT2D eigenvalue weighted by Gasteiger charge is 2.21. The summed E-state index contributed by atoms with van der Waals surface area (Å²) >= 11 is 0. The van der Waals surface area contributed by atoms with Gasteiger partial charge in [-0.25, -0.2) is 0 Å². The first-order valence-corrected chi connectivity index (χ1v) is 7.76. The fraction of sp³-hybridized carbons (Fsp3) is 0.625. The van der Waals surface area contributed by atoms with Crippen LogP contribution in [0, 0.1) is 16.0 Å². The minimum absolute atomic E-state index is 0.177. The number of rotatable bonds is 7. The Morgan fingerprint density at radius 3 is 2.95 bits per heavy atom. The van der Waals surface area contributed by atoms with Gasteiger partial charge < -0.3 is 10.2 Å². The molecular weight excluding hydrogens is 266 g/mol. The summed E-state index contributed by atoms with van der Waals surface area (Å²) in [6.45, 7) is 5.44. The summed E-state index contributed by atoms with van der Waals surface area (Å²) in [6, 6.07) is 7.23. The van der Waals surface area contributed by atoms with Crippen LogP contribution in [-0.4, -0.2) is 36.5 Å². The second kappa shape index (κ2) is 7.52. The van der Waals surface area contributed by atoms with E-state index in [1.807, 2.05) is 6.07 Å². The molecule has 0 amide bonds. The van der Waals surface area contributed by atoms with Gasteiger partial charge in [0.2, 0.25) is 0 Å². The lowest BCUT2D eigenvalue weighted by molar-refractivity contribution is -0.384. The zero-order valence-electron chi connectivity index (χ0n) is 12.9. The molecule has 1 aliphatic heterocycles. The number of non-ortho nitro benzene ring substituents is 1. The van der Waals surface area contributed by atoms with E-state index in [9.17, 15) is 10.1 Å². The Morgan fingerprint density at radius 1 is 1.52 bits per heavy atom. The molecule has 5 heteroatoms. The van der Waals surface area contributed by atoms with Crippen molar-refractivity contribution in [1.29, 1.82) is 0 Å². The molecule has 1 heterocycles. The molecule has 21 heavy (non-hydrogen) atoms. The third-order valence-electron chi connectivity index (χ3n) is 4.20. The smallest absolute Gasteiger partial charge is 0.269 e. The van der Waals surface area contributed by atoms with E-state index in [-0.39, 0.29) is 16.7 Å². The fourth-order valence-corrected chi connectivity index (χ4v) is 3.03. The SMILES string of the molecule is CCCC(NCC1CCN(C)C1)c1cccc([N+](=O)[O-])c1. The maximum Gasteiger partial charge on any atom is 0.269 e. The zero-order valence-corrected chi connectivity index (χ0v) is 12.9. The average Bonchev–Trinajstić information content (AvgIpc) is 2.89. The third kappa shape index (κ3) is 4.51. The van der Waals surface area contributed by atoms with Gasteiger partial charge in [-0.05, 0) is 44.5 Å². The molecule has 2 unspecified atom stereocenters. The number of nitro groups is 1. The molecule has 1 aromatic carbocycles. The van der Waals surface area contributed by atoms with Crippen molar-refractivity contribution in [1.82, 2.24) is 10.2 Å². The number of hydrogen-bond donors (Lipinski definition) is 1. The van der Waals surface area contributed by atoms with Gasteiger partial charge in [-0.3, -0.25) is 10.1 Å². The molecule has 2 rings (SSSR count). The van der Waals surface area contributed by atoms with E-state index in [1.165, 1.54) is 13.0 Å². The number of nitrogens with one attached hydrogen (secondary N) is 1. The largest absolute Gasteiger partial charge is 0.310 e. The quantitative estimate of drug-likeness (QED) is 0.620. The van der Waals surface area contributed by atoms with Gasteiger partial charge in [0, 0.05) is 24.7 Å². The summed E-state index contributed by atoms with van der Waals surface area (Å²) in [6.07, 6.45) is 3.30. The van der Waals surface area contributed by atoms with Crippen molar-refractivity contribution >= 4 is 5.69 Å². The molecule has 1 fully saturated rings. The van der Waals surface area contributed by atoms with E-state index in [0.29, 0.717) is 5.92 Å². The van der Waals surface area contributed by atoms with Crippen LogP contribution in [0.1, 0.15) is 37.8 Å². The number of nitro benzene ring substituents is 1. The van der Waals surface area contributed by atoms with Crippen LogP contribution in [0.15, 0.2) is 24.3 Å². The normalized spacial score (nSPS) is 20.6. The Labute approximate surface area is 126 Å². The molecule has 1 aromatic rings. The van der Waals surface area contributed by atoms with Crippen molar-refractivity contribution in [2.75, 3.05) is 26.7 Å². The van der Waals surface area contributed by atoms with Crippen molar-refractivity contribution in [3.8, 4) is 0 Å². The fourth-order valence-electron chi connectivity index (χ4n) is 3.03. The number of benzene rings is 1. The predicted molar refractivity (Wildman–Crippen MR) is 84.4 cm³/mol. The molecule has 1 N–H and O–H groups in total. The lowest BCUT2D eigenvalue weighted by atomic mass is 10.0. The van der Waals surface area contributed by atoms with Crippen LogP contribution in [0.25, 0.3) is 0 Å².